The highest BCUT2D eigenvalue weighted by molar-refractivity contribution is 8.18. The summed E-state index contributed by atoms with van der Waals surface area (Å²) in [5.74, 6) is -1.01. The molecule has 1 aliphatic rings. The molecule has 0 spiro atoms. The van der Waals surface area contributed by atoms with Gasteiger partial charge in [0.1, 0.15) is 18.1 Å². The number of hydrogen-bond donors (Lipinski definition) is 1. The Morgan fingerprint density at radius 1 is 1.24 bits per heavy atom. The van der Waals surface area contributed by atoms with Crippen LogP contribution in [0.3, 0.4) is 0 Å². The summed E-state index contributed by atoms with van der Waals surface area (Å²) in [6, 6.07) is 12.2. The zero-order valence-corrected chi connectivity index (χ0v) is 13.4. The standard InChI is InChI=1S/C17H10N2O5S/c18-8-10-1-3-11(4-2-10)13-6-5-12(24-13)7-14-16(22)19(9-15(20)21)17(23)25-14/h1-7H,9H2,(H,20,21). The maximum Gasteiger partial charge on any atom is 0.323 e. The molecule has 1 aromatic heterocycles. The zero-order valence-electron chi connectivity index (χ0n) is 12.6. The smallest absolute Gasteiger partial charge is 0.323 e. The van der Waals surface area contributed by atoms with Gasteiger partial charge >= 0.3 is 5.97 Å². The van der Waals surface area contributed by atoms with Gasteiger partial charge in [-0.15, -0.1) is 0 Å². The number of rotatable bonds is 4. The van der Waals surface area contributed by atoms with Gasteiger partial charge in [-0.1, -0.05) is 0 Å². The lowest BCUT2D eigenvalue weighted by Crippen LogP contribution is -2.33. The number of carbonyl (C=O) groups is 3. The van der Waals surface area contributed by atoms with Crippen molar-refractivity contribution in [3.8, 4) is 17.4 Å². The molecule has 1 fully saturated rings. The minimum atomic E-state index is -1.26. The minimum Gasteiger partial charge on any atom is -0.480 e. The van der Waals surface area contributed by atoms with Gasteiger partial charge in [0.05, 0.1) is 16.5 Å². The van der Waals surface area contributed by atoms with Gasteiger partial charge in [0.15, 0.2) is 0 Å². The van der Waals surface area contributed by atoms with E-state index >= 15 is 0 Å². The topological polar surface area (TPSA) is 112 Å². The highest BCUT2D eigenvalue weighted by atomic mass is 32.2. The van der Waals surface area contributed by atoms with Gasteiger partial charge in [-0.2, -0.15) is 5.26 Å². The molecule has 2 heterocycles. The molecular weight excluding hydrogens is 344 g/mol. The summed E-state index contributed by atoms with van der Waals surface area (Å²) in [7, 11) is 0. The third kappa shape index (κ3) is 3.46. The van der Waals surface area contributed by atoms with E-state index in [1.807, 2.05) is 6.07 Å². The van der Waals surface area contributed by atoms with Crippen molar-refractivity contribution < 1.29 is 23.9 Å². The molecule has 3 rings (SSSR count). The maximum absolute atomic E-state index is 12.1. The number of carboxylic acid groups (broad SMARTS) is 1. The first kappa shape index (κ1) is 16.5. The van der Waals surface area contributed by atoms with Crippen LogP contribution in [-0.2, 0) is 9.59 Å². The lowest BCUT2D eigenvalue weighted by Gasteiger charge is -2.07. The van der Waals surface area contributed by atoms with Crippen LogP contribution in [0.1, 0.15) is 11.3 Å². The number of thioether (sulfide) groups is 1. The van der Waals surface area contributed by atoms with Gasteiger partial charge in [-0.3, -0.25) is 19.3 Å². The molecule has 2 aromatic rings. The second-order valence-corrected chi connectivity index (χ2v) is 6.05. The van der Waals surface area contributed by atoms with E-state index in [4.69, 9.17) is 14.8 Å². The predicted octanol–water partition coefficient (Wildman–Crippen LogP) is 2.94. The SMILES string of the molecule is N#Cc1ccc(-c2ccc(C=C3SC(=O)N(CC(=O)O)C3=O)o2)cc1. The van der Waals surface area contributed by atoms with Crippen LogP contribution >= 0.6 is 11.8 Å². The third-order valence-corrected chi connectivity index (χ3v) is 4.27. The normalized spacial score (nSPS) is 15.6. The first-order valence-electron chi connectivity index (χ1n) is 7.05. The summed E-state index contributed by atoms with van der Waals surface area (Å²) in [5.41, 5.74) is 1.29. The Labute approximate surface area is 146 Å². The Hall–Kier alpha value is -3.31. The van der Waals surface area contributed by atoms with Crippen molar-refractivity contribution in [3.63, 3.8) is 0 Å². The van der Waals surface area contributed by atoms with E-state index in [0.717, 1.165) is 5.56 Å². The number of aliphatic carboxylic acids is 1. The van der Waals surface area contributed by atoms with Gasteiger partial charge in [0, 0.05) is 11.6 Å². The van der Waals surface area contributed by atoms with E-state index in [1.165, 1.54) is 6.08 Å². The Balaban J connectivity index is 1.82. The van der Waals surface area contributed by atoms with Crippen molar-refractivity contribution in [1.82, 2.24) is 4.90 Å². The van der Waals surface area contributed by atoms with E-state index < -0.39 is 23.7 Å². The van der Waals surface area contributed by atoms with E-state index in [9.17, 15) is 14.4 Å². The van der Waals surface area contributed by atoms with Gasteiger partial charge in [0.25, 0.3) is 11.1 Å². The summed E-state index contributed by atoms with van der Waals surface area (Å²) < 4.78 is 5.63. The molecule has 1 N–H and O–H groups in total. The van der Waals surface area contributed by atoms with Crippen LogP contribution < -0.4 is 0 Å². The molecule has 0 saturated carbocycles. The second-order valence-electron chi connectivity index (χ2n) is 5.05. The Morgan fingerprint density at radius 2 is 1.96 bits per heavy atom. The minimum absolute atomic E-state index is 0.104. The first-order valence-corrected chi connectivity index (χ1v) is 7.87. The molecule has 1 aliphatic heterocycles. The quantitative estimate of drug-likeness (QED) is 0.840. The molecule has 0 radical (unpaired) electrons. The molecule has 25 heavy (non-hydrogen) atoms. The molecule has 7 nitrogen and oxygen atoms in total. The van der Waals surface area contributed by atoms with Crippen molar-refractivity contribution >= 4 is 35.0 Å². The lowest BCUT2D eigenvalue weighted by molar-refractivity contribution is -0.140. The van der Waals surface area contributed by atoms with Crippen LogP contribution in [0.5, 0.6) is 0 Å². The molecule has 1 saturated heterocycles. The molecular formula is C17H10N2O5S. The highest BCUT2D eigenvalue weighted by Gasteiger charge is 2.36. The molecule has 0 atom stereocenters. The van der Waals surface area contributed by atoms with Crippen molar-refractivity contribution in [2.24, 2.45) is 0 Å². The number of hydrogen-bond acceptors (Lipinski definition) is 6. The van der Waals surface area contributed by atoms with E-state index in [0.29, 0.717) is 33.7 Å². The first-order chi connectivity index (χ1) is 12.0. The van der Waals surface area contributed by atoms with E-state index in [2.05, 4.69) is 0 Å². The van der Waals surface area contributed by atoms with Crippen molar-refractivity contribution in [1.29, 1.82) is 5.26 Å². The monoisotopic (exact) mass is 354 g/mol. The van der Waals surface area contributed by atoms with Gasteiger partial charge in [-0.05, 0) is 48.2 Å². The average Bonchev–Trinajstić information content (AvgIpc) is 3.15. The number of carboxylic acids is 1. The van der Waals surface area contributed by atoms with Crippen LogP contribution in [0.4, 0.5) is 4.79 Å². The lowest BCUT2D eigenvalue weighted by atomic mass is 10.1. The fourth-order valence-corrected chi connectivity index (χ4v) is 3.01. The molecule has 0 bridgehead atoms. The van der Waals surface area contributed by atoms with Crippen LogP contribution in [0, 0.1) is 11.3 Å². The predicted molar refractivity (Wildman–Crippen MR) is 89.2 cm³/mol. The summed E-state index contributed by atoms with van der Waals surface area (Å²) in [5, 5.41) is 16.9. The van der Waals surface area contributed by atoms with Crippen LogP contribution in [-0.4, -0.2) is 33.7 Å². The highest BCUT2D eigenvalue weighted by Crippen LogP contribution is 2.33. The average molecular weight is 354 g/mol. The van der Waals surface area contributed by atoms with Gasteiger partial charge in [0.2, 0.25) is 0 Å². The number of nitrogens with zero attached hydrogens (tertiary/aromatic N) is 2. The molecule has 1 aromatic carbocycles. The summed E-state index contributed by atoms with van der Waals surface area (Å²) in [4.78, 5) is 35.3. The largest absolute Gasteiger partial charge is 0.480 e. The van der Waals surface area contributed by atoms with Gasteiger partial charge in [-0.25, -0.2) is 0 Å². The van der Waals surface area contributed by atoms with Crippen LogP contribution in [0.2, 0.25) is 0 Å². The zero-order chi connectivity index (χ0) is 18.0. The molecule has 0 unspecified atom stereocenters. The molecule has 0 aliphatic carbocycles. The molecule has 8 heteroatoms. The van der Waals surface area contributed by atoms with Crippen LogP contribution in [0.25, 0.3) is 17.4 Å². The Kier molecular flexibility index (Phi) is 4.41. The van der Waals surface area contributed by atoms with Gasteiger partial charge < -0.3 is 9.52 Å². The number of imide groups is 1. The van der Waals surface area contributed by atoms with Crippen LogP contribution in [0.15, 0.2) is 45.7 Å². The molecule has 124 valence electrons. The Bertz CT molecular complexity index is 937. The van der Waals surface area contributed by atoms with E-state index in [-0.39, 0.29) is 4.91 Å². The Morgan fingerprint density at radius 3 is 2.60 bits per heavy atom. The number of furan rings is 1. The summed E-state index contributed by atoms with van der Waals surface area (Å²) in [6.07, 6.45) is 1.40. The number of benzene rings is 1. The van der Waals surface area contributed by atoms with Crippen molar-refractivity contribution in [2.45, 2.75) is 0 Å². The third-order valence-electron chi connectivity index (χ3n) is 3.37. The number of amides is 2. The summed E-state index contributed by atoms with van der Waals surface area (Å²) in [6.45, 7) is -0.670. The summed E-state index contributed by atoms with van der Waals surface area (Å²) >= 11 is 0.668. The fraction of sp³-hybridized carbons (Fsp3) is 0.0588. The molecule has 2 amide bonds. The maximum atomic E-state index is 12.1. The number of carbonyl (C=O) groups excluding carboxylic acids is 2. The van der Waals surface area contributed by atoms with E-state index in [1.54, 1.807) is 36.4 Å². The number of nitriles is 1. The fourth-order valence-electron chi connectivity index (χ4n) is 2.20. The van der Waals surface area contributed by atoms with Crippen molar-refractivity contribution in [2.75, 3.05) is 6.54 Å². The van der Waals surface area contributed by atoms with Crippen molar-refractivity contribution in [3.05, 3.63) is 52.6 Å². The second kappa shape index (κ2) is 6.67.